The van der Waals surface area contributed by atoms with Crippen molar-refractivity contribution >= 4 is 34.8 Å². The largest absolute Gasteiger partial charge is 0.497 e. The maximum absolute atomic E-state index is 12.8. The zero-order valence-electron chi connectivity index (χ0n) is 19.5. The molecule has 0 aromatic heterocycles. The van der Waals surface area contributed by atoms with Gasteiger partial charge < -0.3 is 30.3 Å². The number of likely N-dealkylation sites (tertiary alicyclic amines) is 1. The van der Waals surface area contributed by atoms with E-state index in [1.54, 1.807) is 37.4 Å². The van der Waals surface area contributed by atoms with Crippen LogP contribution in [-0.2, 0) is 4.79 Å². The predicted octanol–water partition coefficient (Wildman–Crippen LogP) is 2.75. The molecule has 4 rings (SSSR count). The van der Waals surface area contributed by atoms with Crippen molar-refractivity contribution < 1.29 is 19.4 Å². The van der Waals surface area contributed by atoms with Crippen molar-refractivity contribution in [3.05, 3.63) is 53.1 Å². The molecule has 2 heterocycles. The van der Waals surface area contributed by atoms with E-state index in [9.17, 15) is 14.7 Å². The number of hydrogen-bond donors (Lipinski definition) is 3. The van der Waals surface area contributed by atoms with Crippen molar-refractivity contribution in [1.29, 1.82) is 0 Å². The van der Waals surface area contributed by atoms with E-state index in [1.807, 2.05) is 17.0 Å². The Kier molecular flexibility index (Phi) is 7.60. The SMILES string of the molecule is COc1ccc(NC(C)=O)c(N2CC(NC3CCN(C(=O)c4ccc(Cl)cc4)CC3)[C@H](O)C2)c1. The molecular weight excluding hydrogens is 456 g/mol. The van der Waals surface area contributed by atoms with E-state index in [2.05, 4.69) is 15.5 Å². The molecule has 0 saturated carbocycles. The highest BCUT2D eigenvalue weighted by molar-refractivity contribution is 6.30. The van der Waals surface area contributed by atoms with Gasteiger partial charge in [0.05, 0.1) is 30.6 Å². The number of halogens is 1. The van der Waals surface area contributed by atoms with Crippen molar-refractivity contribution in [3.63, 3.8) is 0 Å². The van der Waals surface area contributed by atoms with Gasteiger partial charge >= 0.3 is 0 Å². The summed E-state index contributed by atoms with van der Waals surface area (Å²) in [5.41, 5.74) is 2.15. The second-order valence-corrected chi connectivity index (χ2v) is 9.32. The fourth-order valence-corrected chi connectivity index (χ4v) is 4.80. The second kappa shape index (κ2) is 10.6. The van der Waals surface area contributed by atoms with Gasteiger partial charge in [-0.05, 0) is 49.2 Å². The highest BCUT2D eigenvalue weighted by atomic mass is 35.5. The lowest BCUT2D eigenvalue weighted by Crippen LogP contribution is -2.50. The van der Waals surface area contributed by atoms with E-state index in [4.69, 9.17) is 16.3 Å². The summed E-state index contributed by atoms with van der Waals surface area (Å²) in [4.78, 5) is 28.3. The van der Waals surface area contributed by atoms with Crippen molar-refractivity contribution in [2.75, 3.05) is 43.5 Å². The number of anilines is 2. The van der Waals surface area contributed by atoms with Gasteiger partial charge in [0.2, 0.25) is 5.91 Å². The van der Waals surface area contributed by atoms with Crippen LogP contribution in [0.1, 0.15) is 30.1 Å². The Hall–Kier alpha value is -2.81. The molecule has 182 valence electrons. The number of carbonyl (C=O) groups is 2. The Morgan fingerprint density at radius 1 is 1.09 bits per heavy atom. The first kappa shape index (κ1) is 24.3. The normalized spacial score (nSPS) is 20.9. The number of piperidine rings is 1. The van der Waals surface area contributed by atoms with Crippen LogP contribution < -0.4 is 20.3 Å². The Morgan fingerprint density at radius 3 is 2.44 bits per heavy atom. The monoisotopic (exact) mass is 486 g/mol. The zero-order valence-corrected chi connectivity index (χ0v) is 20.2. The number of methoxy groups -OCH3 is 1. The topological polar surface area (TPSA) is 94.1 Å². The quantitative estimate of drug-likeness (QED) is 0.581. The van der Waals surface area contributed by atoms with E-state index in [0.29, 0.717) is 48.2 Å². The number of ether oxygens (including phenoxy) is 1. The van der Waals surface area contributed by atoms with Crippen molar-refractivity contribution in [2.45, 2.75) is 38.0 Å². The molecule has 8 nitrogen and oxygen atoms in total. The Balaban J connectivity index is 1.35. The van der Waals surface area contributed by atoms with Crippen molar-refractivity contribution in [1.82, 2.24) is 10.2 Å². The van der Waals surface area contributed by atoms with Gasteiger partial charge in [0, 0.05) is 55.8 Å². The molecule has 3 N–H and O–H groups in total. The lowest BCUT2D eigenvalue weighted by atomic mass is 10.0. The molecule has 2 aromatic rings. The van der Waals surface area contributed by atoms with Crippen LogP contribution in [0.25, 0.3) is 0 Å². The van der Waals surface area contributed by atoms with Crippen LogP contribution in [0.15, 0.2) is 42.5 Å². The summed E-state index contributed by atoms with van der Waals surface area (Å²) >= 11 is 5.93. The summed E-state index contributed by atoms with van der Waals surface area (Å²) in [6.07, 6.45) is 1.09. The highest BCUT2D eigenvalue weighted by Crippen LogP contribution is 2.33. The smallest absolute Gasteiger partial charge is 0.253 e. The van der Waals surface area contributed by atoms with Crippen LogP contribution in [0.2, 0.25) is 5.02 Å². The van der Waals surface area contributed by atoms with Gasteiger partial charge in [-0.15, -0.1) is 0 Å². The fraction of sp³-hybridized carbons (Fsp3) is 0.440. The standard InChI is InChI=1S/C25H31ClN4O4/c1-16(31)27-21-8-7-20(34-2)13-23(21)30-14-22(24(32)15-30)28-19-9-11-29(12-10-19)25(33)17-3-5-18(26)6-4-17/h3-8,13,19,22,24,28,32H,9-12,14-15H2,1-2H3,(H,27,31)/t22?,24-/m1/s1. The number of nitrogens with zero attached hydrogens (tertiary/aromatic N) is 2. The molecule has 2 aliphatic rings. The third-order valence-corrected chi connectivity index (χ3v) is 6.72. The van der Waals surface area contributed by atoms with E-state index in [0.717, 1.165) is 18.5 Å². The average Bonchev–Trinajstić information content (AvgIpc) is 3.19. The van der Waals surface area contributed by atoms with Crippen LogP contribution in [0.5, 0.6) is 5.75 Å². The average molecular weight is 487 g/mol. The minimum Gasteiger partial charge on any atom is -0.497 e. The first-order valence-electron chi connectivity index (χ1n) is 11.5. The van der Waals surface area contributed by atoms with Crippen LogP contribution in [0.4, 0.5) is 11.4 Å². The summed E-state index contributed by atoms with van der Waals surface area (Å²) in [7, 11) is 1.60. The maximum atomic E-state index is 12.8. The van der Waals surface area contributed by atoms with Crippen LogP contribution >= 0.6 is 11.6 Å². The molecule has 2 aromatic carbocycles. The zero-order chi connectivity index (χ0) is 24.2. The van der Waals surface area contributed by atoms with Gasteiger partial charge in [-0.25, -0.2) is 0 Å². The molecule has 9 heteroatoms. The molecule has 2 amide bonds. The van der Waals surface area contributed by atoms with Gasteiger partial charge in [-0.1, -0.05) is 11.6 Å². The lowest BCUT2D eigenvalue weighted by molar-refractivity contribution is -0.114. The number of hydrogen-bond acceptors (Lipinski definition) is 6. The molecule has 2 fully saturated rings. The molecule has 1 unspecified atom stereocenters. The molecular formula is C25H31ClN4O4. The molecule has 0 bridgehead atoms. The number of rotatable bonds is 6. The fourth-order valence-electron chi connectivity index (χ4n) is 4.67. The van der Waals surface area contributed by atoms with Crippen molar-refractivity contribution in [2.24, 2.45) is 0 Å². The third kappa shape index (κ3) is 5.63. The van der Waals surface area contributed by atoms with Gasteiger partial charge in [0.15, 0.2) is 0 Å². The maximum Gasteiger partial charge on any atom is 0.253 e. The van der Waals surface area contributed by atoms with E-state index in [-0.39, 0.29) is 23.9 Å². The van der Waals surface area contributed by atoms with Crippen LogP contribution in [0, 0.1) is 0 Å². The summed E-state index contributed by atoms with van der Waals surface area (Å²) in [6.45, 7) is 3.85. The van der Waals surface area contributed by atoms with E-state index in [1.165, 1.54) is 6.92 Å². The molecule has 34 heavy (non-hydrogen) atoms. The van der Waals surface area contributed by atoms with Gasteiger partial charge in [-0.2, -0.15) is 0 Å². The Morgan fingerprint density at radius 2 is 1.79 bits per heavy atom. The molecule has 2 atom stereocenters. The number of aliphatic hydroxyl groups is 1. The number of amides is 2. The minimum absolute atomic E-state index is 0.0192. The number of nitrogens with one attached hydrogen (secondary N) is 2. The minimum atomic E-state index is -0.551. The first-order chi connectivity index (χ1) is 16.3. The molecule has 2 saturated heterocycles. The highest BCUT2D eigenvalue weighted by Gasteiger charge is 2.35. The van der Waals surface area contributed by atoms with E-state index < -0.39 is 6.10 Å². The predicted molar refractivity (Wildman–Crippen MR) is 133 cm³/mol. The Bertz CT molecular complexity index is 1020. The number of carbonyl (C=O) groups excluding carboxylic acids is 2. The number of aliphatic hydroxyl groups excluding tert-OH is 1. The van der Waals surface area contributed by atoms with Gasteiger partial charge in [0.1, 0.15) is 5.75 Å². The molecule has 2 aliphatic heterocycles. The van der Waals surface area contributed by atoms with Crippen LogP contribution in [0.3, 0.4) is 0 Å². The summed E-state index contributed by atoms with van der Waals surface area (Å²) in [6, 6.07) is 12.6. The number of benzene rings is 2. The molecule has 0 spiro atoms. The summed E-state index contributed by atoms with van der Waals surface area (Å²) in [5, 5.41) is 17.8. The van der Waals surface area contributed by atoms with Gasteiger partial charge in [-0.3, -0.25) is 9.59 Å². The lowest BCUT2D eigenvalue weighted by Gasteiger charge is -2.34. The number of β-amino-alcohol motifs (C(OH)–C–C–N with tert-alkyl or cyclic N) is 1. The summed E-state index contributed by atoms with van der Waals surface area (Å²) < 4.78 is 5.36. The van der Waals surface area contributed by atoms with Gasteiger partial charge in [0.25, 0.3) is 5.91 Å². The first-order valence-corrected chi connectivity index (χ1v) is 11.9. The van der Waals surface area contributed by atoms with E-state index >= 15 is 0 Å². The van der Waals surface area contributed by atoms with Crippen LogP contribution in [-0.4, -0.2) is 73.3 Å². The Labute approximate surface area is 204 Å². The second-order valence-electron chi connectivity index (χ2n) is 8.88. The molecule has 0 radical (unpaired) electrons. The molecule has 0 aliphatic carbocycles. The third-order valence-electron chi connectivity index (χ3n) is 6.47. The van der Waals surface area contributed by atoms with Crippen molar-refractivity contribution in [3.8, 4) is 5.75 Å². The summed E-state index contributed by atoms with van der Waals surface area (Å²) in [5.74, 6) is 0.555.